The number of anilines is 2. The standard InChI is InChI=1S/C25H33N6/c1-8-25-30(26-17-21-15-19(2)9-11-23(21)28(4)5)13-14-31(25)27-18-22-16-20(3)10-12-24(22)29(6)7/h9-18H,8H2,1-7H3/q+1. The van der Waals surface area contributed by atoms with Crippen molar-refractivity contribution in [3.63, 3.8) is 0 Å². The van der Waals surface area contributed by atoms with Gasteiger partial charge in [0.05, 0.1) is 18.9 Å². The second kappa shape index (κ2) is 9.60. The molecule has 31 heavy (non-hydrogen) atoms. The van der Waals surface area contributed by atoms with Gasteiger partial charge in [0.25, 0.3) is 0 Å². The van der Waals surface area contributed by atoms with Gasteiger partial charge in [-0.05, 0) is 38.1 Å². The molecular formula is C25H33N6+. The Kier molecular flexibility index (Phi) is 6.90. The highest BCUT2D eigenvalue weighted by molar-refractivity contribution is 5.88. The van der Waals surface area contributed by atoms with Crippen molar-refractivity contribution in [2.75, 3.05) is 38.0 Å². The van der Waals surface area contributed by atoms with Crippen LogP contribution in [0.2, 0.25) is 0 Å². The maximum absolute atomic E-state index is 4.73. The van der Waals surface area contributed by atoms with Crippen molar-refractivity contribution in [3.05, 3.63) is 76.9 Å². The lowest BCUT2D eigenvalue weighted by Gasteiger charge is -2.15. The van der Waals surface area contributed by atoms with Gasteiger partial charge in [0, 0.05) is 50.7 Å². The summed E-state index contributed by atoms with van der Waals surface area (Å²) in [6.07, 6.45) is 8.53. The fourth-order valence-electron chi connectivity index (χ4n) is 3.56. The van der Waals surface area contributed by atoms with Crippen molar-refractivity contribution < 1.29 is 4.68 Å². The number of aryl methyl sites for hydroxylation is 2. The fraction of sp³-hybridized carbons (Fsp3) is 0.320. The third-order valence-corrected chi connectivity index (χ3v) is 5.17. The topological polar surface area (TPSA) is 40.0 Å². The molecule has 3 rings (SSSR count). The van der Waals surface area contributed by atoms with Crippen LogP contribution >= 0.6 is 0 Å². The van der Waals surface area contributed by atoms with Gasteiger partial charge >= 0.3 is 5.82 Å². The maximum Gasteiger partial charge on any atom is 0.307 e. The van der Waals surface area contributed by atoms with E-state index in [-0.39, 0.29) is 0 Å². The Morgan fingerprint density at radius 3 is 1.94 bits per heavy atom. The lowest BCUT2D eigenvalue weighted by molar-refractivity contribution is -0.685. The number of nitrogens with zero attached hydrogens (tertiary/aromatic N) is 6. The summed E-state index contributed by atoms with van der Waals surface area (Å²) < 4.78 is 3.78. The summed E-state index contributed by atoms with van der Waals surface area (Å²) in [6.45, 7) is 6.31. The van der Waals surface area contributed by atoms with Gasteiger partial charge in [0.1, 0.15) is 0 Å². The molecule has 0 saturated carbocycles. The Balaban J connectivity index is 1.93. The maximum atomic E-state index is 4.73. The average Bonchev–Trinajstić information content (AvgIpc) is 3.12. The van der Waals surface area contributed by atoms with Crippen LogP contribution in [0.25, 0.3) is 0 Å². The summed E-state index contributed by atoms with van der Waals surface area (Å²) in [6, 6.07) is 12.8. The Labute approximate surface area is 185 Å². The zero-order chi connectivity index (χ0) is 22.5. The van der Waals surface area contributed by atoms with E-state index >= 15 is 0 Å². The van der Waals surface area contributed by atoms with E-state index in [1.54, 1.807) is 0 Å². The minimum absolute atomic E-state index is 0.810. The molecule has 0 atom stereocenters. The number of rotatable bonds is 7. The molecule has 6 heteroatoms. The highest BCUT2D eigenvalue weighted by Gasteiger charge is 2.15. The largest absolute Gasteiger partial charge is 0.377 e. The Morgan fingerprint density at radius 2 is 1.42 bits per heavy atom. The lowest BCUT2D eigenvalue weighted by atomic mass is 10.1. The highest BCUT2D eigenvalue weighted by atomic mass is 15.5. The van der Waals surface area contributed by atoms with E-state index in [0.29, 0.717) is 0 Å². The molecule has 1 heterocycles. The average molecular weight is 418 g/mol. The Bertz CT molecular complexity index is 1020. The minimum Gasteiger partial charge on any atom is -0.377 e. The number of aromatic nitrogens is 2. The molecule has 0 saturated heterocycles. The van der Waals surface area contributed by atoms with Crippen molar-refractivity contribution in [2.24, 2.45) is 10.2 Å². The van der Waals surface area contributed by atoms with Gasteiger partial charge in [-0.15, -0.1) is 9.35 Å². The van der Waals surface area contributed by atoms with E-state index in [1.807, 2.05) is 62.4 Å². The van der Waals surface area contributed by atoms with Gasteiger partial charge < -0.3 is 9.80 Å². The van der Waals surface area contributed by atoms with E-state index in [2.05, 4.69) is 67.0 Å². The first-order valence-electron chi connectivity index (χ1n) is 10.6. The SMILES string of the molecule is CCc1n(N=Cc2cc(C)ccc2N(C)C)cc[n+]1N=Cc1cc(C)ccc1N(C)C. The van der Waals surface area contributed by atoms with E-state index in [1.165, 1.54) is 11.1 Å². The summed E-state index contributed by atoms with van der Waals surface area (Å²) in [5.41, 5.74) is 6.88. The molecule has 162 valence electrons. The number of benzene rings is 2. The molecule has 3 aromatic rings. The molecular weight excluding hydrogens is 384 g/mol. The van der Waals surface area contributed by atoms with Crippen LogP contribution < -0.4 is 14.5 Å². The summed E-state index contributed by atoms with van der Waals surface area (Å²) in [5, 5.41) is 9.46. The molecule has 0 fully saturated rings. The van der Waals surface area contributed by atoms with Crippen LogP contribution in [0.4, 0.5) is 11.4 Å². The number of imidazole rings is 1. The molecule has 2 aromatic carbocycles. The first kappa shape index (κ1) is 22.3. The Morgan fingerprint density at radius 1 is 0.871 bits per heavy atom. The van der Waals surface area contributed by atoms with Crippen LogP contribution in [-0.4, -0.2) is 45.3 Å². The normalized spacial score (nSPS) is 11.6. The van der Waals surface area contributed by atoms with Crippen LogP contribution in [0, 0.1) is 13.8 Å². The Hall–Kier alpha value is -3.41. The molecule has 0 radical (unpaired) electrons. The molecule has 0 spiro atoms. The lowest BCUT2D eigenvalue weighted by Crippen LogP contribution is -2.31. The summed E-state index contributed by atoms with van der Waals surface area (Å²) in [7, 11) is 8.19. The van der Waals surface area contributed by atoms with Crippen molar-refractivity contribution in [2.45, 2.75) is 27.2 Å². The summed E-state index contributed by atoms with van der Waals surface area (Å²) in [5.74, 6) is 1.01. The summed E-state index contributed by atoms with van der Waals surface area (Å²) >= 11 is 0. The van der Waals surface area contributed by atoms with Crippen molar-refractivity contribution in [3.8, 4) is 0 Å². The van der Waals surface area contributed by atoms with Gasteiger partial charge in [-0.2, -0.15) is 0 Å². The van der Waals surface area contributed by atoms with E-state index in [4.69, 9.17) is 10.2 Å². The first-order chi connectivity index (χ1) is 14.8. The molecule has 0 amide bonds. The third-order valence-electron chi connectivity index (χ3n) is 5.17. The zero-order valence-corrected chi connectivity index (χ0v) is 19.7. The highest BCUT2D eigenvalue weighted by Crippen LogP contribution is 2.19. The van der Waals surface area contributed by atoms with Gasteiger partial charge in [0.2, 0.25) is 0 Å². The zero-order valence-electron chi connectivity index (χ0n) is 19.7. The third kappa shape index (κ3) is 5.20. The monoisotopic (exact) mass is 417 g/mol. The predicted molar refractivity (Wildman–Crippen MR) is 131 cm³/mol. The van der Waals surface area contributed by atoms with Gasteiger partial charge in [-0.25, -0.2) is 0 Å². The second-order valence-corrected chi connectivity index (χ2v) is 8.16. The molecule has 0 N–H and O–H groups in total. The van der Waals surface area contributed by atoms with Crippen LogP contribution in [0.5, 0.6) is 0 Å². The smallest absolute Gasteiger partial charge is 0.307 e. The predicted octanol–water partition coefficient (Wildman–Crippen LogP) is 3.85. The second-order valence-electron chi connectivity index (χ2n) is 8.16. The van der Waals surface area contributed by atoms with Crippen LogP contribution in [0.15, 0.2) is 59.0 Å². The van der Waals surface area contributed by atoms with Gasteiger partial charge in [-0.1, -0.05) is 40.4 Å². The molecule has 0 aliphatic carbocycles. The molecule has 6 nitrogen and oxygen atoms in total. The van der Waals surface area contributed by atoms with Crippen molar-refractivity contribution in [1.82, 2.24) is 4.68 Å². The quantitative estimate of drug-likeness (QED) is 0.433. The molecule has 0 bridgehead atoms. The summed E-state index contributed by atoms with van der Waals surface area (Å²) in [4.78, 5) is 4.21. The van der Waals surface area contributed by atoms with Crippen LogP contribution in [-0.2, 0) is 6.42 Å². The van der Waals surface area contributed by atoms with E-state index in [9.17, 15) is 0 Å². The van der Waals surface area contributed by atoms with Crippen LogP contribution in [0.3, 0.4) is 0 Å². The van der Waals surface area contributed by atoms with Crippen molar-refractivity contribution >= 4 is 23.8 Å². The van der Waals surface area contributed by atoms with Gasteiger partial charge in [-0.3, -0.25) is 0 Å². The number of hydrogen-bond acceptors (Lipinski definition) is 4. The molecule has 0 aliphatic heterocycles. The molecule has 0 aliphatic rings. The van der Waals surface area contributed by atoms with E-state index < -0.39 is 0 Å². The molecule has 0 unspecified atom stereocenters. The minimum atomic E-state index is 0.810. The first-order valence-corrected chi connectivity index (χ1v) is 10.6. The molecule has 1 aromatic heterocycles. The van der Waals surface area contributed by atoms with Gasteiger partial charge in [0.15, 0.2) is 12.4 Å². The van der Waals surface area contributed by atoms with Crippen LogP contribution in [0.1, 0.15) is 35.0 Å². The van der Waals surface area contributed by atoms with Crippen molar-refractivity contribution in [1.29, 1.82) is 0 Å². The van der Waals surface area contributed by atoms with E-state index in [0.717, 1.165) is 34.7 Å². The fourth-order valence-corrected chi connectivity index (χ4v) is 3.56. The number of hydrogen-bond donors (Lipinski definition) is 0.